The van der Waals surface area contributed by atoms with Gasteiger partial charge in [0.15, 0.2) is 5.96 Å². The first kappa shape index (κ1) is 18.4. The van der Waals surface area contributed by atoms with E-state index in [4.69, 9.17) is 11.5 Å². The van der Waals surface area contributed by atoms with Crippen LogP contribution in [0.5, 0.6) is 0 Å². The van der Waals surface area contributed by atoms with E-state index in [9.17, 15) is 9.18 Å². The molecule has 1 heterocycles. The van der Waals surface area contributed by atoms with E-state index in [1.54, 1.807) is 6.07 Å². The van der Waals surface area contributed by atoms with Crippen molar-refractivity contribution in [2.75, 3.05) is 6.54 Å². The minimum Gasteiger partial charge on any atom is -0.370 e. The molecule has 2 aromatic rings. The minimum atomic E-state index is -0.499. The van der Waals surface area contributed by atoms with Crippen LogP contribution in [-0.2, 0) is 13.0 Å². The van der Waals surface area contributed by atoms with Gasteiger partial charge in [-0.2, -0.15) is 4.99 Å². The number of aliphatic imine (C=N–C) groups is 1. The number of rotatable bonds is 1. The molecule has 1 aliphatic heterocycles. The van der Waals surface area contributed by atoms with Crippen molar-refractivity contribution in [3.63, 3.8) is 0 Å². The van der Waals surface area contributed by atoms with Crippen LogP contribution in [0.1, 0.15) is 24.1 Å². The number of carbonyl (C=O) groups excluding carboxylic acids is 1. The SMILES string of the molecule is C.Cc1ccccc1-c1ccc(F)c2c1CN(C(=O)N=C(N)N)CC2. The van der Waals surface area contributed by atoms with Crippen LogP contribution >= 0.6 is 0 Å². The Bertz CT molecular complexity index is 828. The molecule has 1 aliphatic rings. The maximum absolute atomic E-state index is 14.2. The van der Waals surface area contributed by atoms with Crippen molar-refractivity contribution in [3.8, 4) is 11.1 Å². The molecule has 0 fully saturated rings. The molecule has 6 heteroatoms. The number of urea groups is 1. The van der Waals surface area contributed by atoms with Gasteiger partial charge in [0.2, 0.25) is 0 Å². The summed E-state index contributed by atoms with van der Waals surface area (Å²) >= 11 is 0. The average molecular weight is 342 g/mol. The van der Waals surface area contributed by atoms with E-state index in [2.05, 4.69) is 4.99 Å². The van der Waals surface area contributed by atoms with Gasteiger partial charge in [-0.3, -0.25) is 0 Å². The van der Waals surface area contributed by atoms with E-state index in [0.29, 0.717) is 18.5 Å². The summed E-state index contributed by atoms with van der Waals surface area (Å²) in [6, 6.07) is 10.7. The fourth-order valence-corrected chi connectivity index (χ4v) is 3.10. The number of guanidine groups is 1. The second-order valence-electron chi connectivity index (χ2n) is 5.86. The maximum Gasteiger partial charge on any atom is 0.347 e. The standard InChI is InChI=1S/C18H19FN4O.CH4/c1-11-4-2-3-5-12(11)13-6-7-16(19)14-8-9-23(10-15(13)14)18(24)22-17(20)21;/h2-7H,8-10H2,1H3,(H4,20,21,22,24);1H4. The number of halogens is 1. The van der Waals surface area contributed by atoms with Gasteiger partial charge >= 0.3 is 6.03 Å². The molecule has 132 valence electrons. The van der Waals surface area contributed by atoms with Gasteiger partial charge in [0, 0.05) is 13.1 Å². The number of aryl methyl sites for hydroxylation is 1. The molecule has 0 aliphatic carbocycles. The molecule has 0 saturated heterocycles. The van der Waals surface area contributed by atoms with Crippen LogP contribution < -0.4 is 11.5 Å². The third kappa shape index (κ3) is 3.63. The van der Waals surface area contributed by atoms with Crippen molar-refractivity contribution in [2.24, 2.45) is 16.5 Å². The lowest BCUT2D eigenvalue weighted by Gasteiger charge is -2.29. The number of fused-ring (bicyclic) bond motifs is 1. The Morgan fingerprint density at radius 2 is 1.84 bits per heavy atom. The zero-order chi connectivity index (χ0) is 17.3. The summed E-state index contributed by atoms with van der Waals surface area (Å²) in [6.07, 6.45) is 0.437. The molecule has 2 amide bonds. The summed E-state index contributed by atoms with van der Waals surface area (Å²) in [4.78, 5) is 17.2. The second kappa shape index (κ2) is 7.34. The quantitative estimate of drug-likeness (QED) is 0.616. The lowest BCUT2D eigenvalue weighted by Crippen LogP contribution is -2.37. The van der Waals surface area contributed by atoms with Crippen molar-refractivity contribution >= 4 is 12.0 Å². The van der Waals surface area contributed by atoms with Crippen LogP contribution in [0.4, 0.5) is 9.18 Å². The summed E-state index contributed by atoms with van der Waals surface area (Å²) in [5.74, 6) is -0.513. The number of hydrogen-bond donors (Lipinski definition) is 2. The highest BCUT2D eigenvalue weighted by atomic mass is 19.1. The Morgan fingerprint density at radius 1 is 1.12 bits per heavy atom. The van der Waals surface area contributed by atoms with Crippen molar-refractivity contribution < 1.29 is 9.18 Å². The summed E-state index contributed by atoms with van der Waals surface area (Å²) < 4.78 is 14.2. The molecule has 0 bridgehead atoms. The molecule has 0 atom stereocenters. The van der Waals surface area contributed by atoms with Gasteiger partial charge in [-0.1, -0.05) is 37.8 Å². The smallest absolute Gasteiger partial charge is 0.347 e. The van der Waals surface area contributed by atoms with Crippen LogP contribution in [0, 0.1) is 12.7 Å². The molecule has 0 spiro atoms. The number of hydrogen-bond acceptors (Lipinski definition) is 1. The van der Waals surface area contributed by atoms with Gasteiger partial charge in [-0.05, 0) is 47.2 Å². The highest BCUT2D eigenvalue weighted by molar-refractivity contribution is 5.90. The molecule has 4 N–H and O–H groups in total. The molecule has 5 nitrogen and oxygen atoms in total. The summed E-state index contributed by atoms with van der Waals surface area (Å²) in [6.45, 7) is 2.68. The first-order chi connectivity index (χ1) is 11.5. The Kier molecular flexibility index (Phi) is 5.41. The van der Waals surface area contributed by atoms with Crippen molar-refractivity contribution in [1.29, 1.82) is 0 Å². The molecular formula is C19H23FN4O. The largest absolute Gasteiger partial charge is 0.370 e. The number of carbonyl (C=O) groups is 1. The van der Waals surface area contributed by atoms with E-state index >= 15 is 0 Å². The third-order valence-corrected chi connectivity index (χ3v) is 4.29. The Labute approximate surface area is 147 Å². The van der Waals surface area contributed by atoms with E-state index in [0.717, 1.165) is 22.3 Å². The highest BCUT2D eigenvalue weighted by Gasteiger charge is 2.25. The maximum atomic E-state index is 14.2. The van der Waals surface area contributed by atoms with Gasteiger partial charge in [0.25, 0.3) is 0 Å². The van der Waals surface area contributed by atoms with Crippen molar-refractivity contribution in [2.45, 2.75) is 27.3 Å². The van der Waals surface area contributed by atoms with E-state index in [1.165, 1.54) is 11.0 Å². The van der Waals surface area contributed by atoms with Gasteiger partial charge in [-0.15, -0.1) is 0 Å². The van der Waals surface area contributed by atoms with Crippen LogP contribution in [-0.4, -0.2) is 23.4 Å². The molecule has 0 aromatic heterocycles. The lowest BCUT2D eigenvalue weighted by molar-refractivity contribution is 0.202. The Hall–Kier alpha value is -2.89. The highest BCUT2D eigenvalue weighted by Crippen LogP contribution is 2.33. The molecule has 0 radical (unpaired) electrons. The van der Waals surface area contributed by atoms with Crippen molar-refractivity contribution in [1.82, 2.24) is 4.90 Å². The number of nitrogens with zero attached hydrogens (tertiary/aromatic N) is 2. The van der Waals surface area contributed by atoms with E-state index < -0.39 is 6.03 Å². The summed E-state index contributed by atoms with van der Waals surface area (Å²) in [5, 5.41) is 0. The second-order valence-corrected chi connectivity index (χ2v) is 5.86. The van der Waals surface area contributed by atoms with Gasteiger partial charge in [0.05, 0.1) is 0 Å². The third-order valence-electron chi connectivity index (χ3n) is 4.29. The molecule has 3 rings (SSSR count). The van der Waals surface area contributed by atoms with Gasteiger partial charge in [0.1, 0.15) is 5.82 Å². The van der Waals surface area contributed by atoms with Crippen LogP contribution in [0.25, 0.3) is 11.1 Å². The Balaban J connectivity index is 0.00000225. The molecule has 0 saturated carbocycles. The summed E-state index contributed by atoms with van der Waals surface area (Å²) in [5.41, 5.74) is 15.1. The normalized spacial score (nSPS) is 12.8. The zero-order valence-electron chi connectivity index (χ0n) is 13.4. The molecule has 2 aromatic carbocycles. The first-order valence-electron chi connectivity index (χ1n) is 7.72. The van der Waals surface area contributed by atoms with Gasteiger partial charge in [-0.25, -0.2) is 9.18 Å². The number of amides is 2. The zero-order valence-corrected chi connectivity index (χ0v) is 13.4. The molecule has 25 heavy (non-hydrogen) atoms. The van der Waals surface area contributed by atoms with E-state index in [-0.39, 0.29) is 25.7 Å². The predicted molar refractivity (Wildman–Crippen MR) is 98.6 cm³/mol. The first-order valence-corrected chi connectivity index (χ1v) is 7.72. The summed E-state index contributed by atoms with van der Waals surface area (Å²) in [7, 11) is 0. The topological polar surface area (TPSA) is 84.7 Å². The van der Waals surface area contributed by atoms with Crippen molar-refractivity contribution in [3.05, 3.63) is 58.9 Å². The predicted octanol–water partition coefficient (Wildman–Crippen LogP) is 3.19. The lowest BCUT2D eigenvalue weighted by atomic mass is 9.89. The number of benzene rings is 2. The average Bonchev–Trinajstić information content (AvgIpc) is 2.55. The molecular weight excluding hydrogens is 319 g/mol. The van der Waals surface area contributed by atoms with E-state index in [1.807, 2.05) is 31.2 Å². The van der Waals surface area contributed by atoms with Crippen LogP contribution in [0.3, 0.4) is 0 Å². The number of nitrogens with two attached hydrogens (primary N) is 2. The fourth-order valence-electron chi connectivity index (χ4n) is 3.10. The van der Waals surface area contributed by atoms with Crippen LogP contribution in [0.15, 0.2) is 41.4 Å². The Morgan fingerprint density at radius 3 is 2.52 bits per heavy atom. The van der Waals surface area contributed by atoms with Crippen LogP contribution in [0.2, 0.25) is 0 Å². The van der Waals surface area contributed by atoms with Gasteiger partial charge < -0.3 is 16.4 Å². The minimum absolute atomic E-state index is 0. The monoisotopic (exact) mass is 342 g/mol. The fraction of sp³-hybridized carbons (Fsp3) is 0.263. The molecule has 0 unspecified atom stereocenters.